The van der Waals surface area contributed by atoms with E-state index in [1.165, 1.54) is 133 Å². The molecule has 0 aliphatic rings. The van der Waals surface area contributed by atoms with Crippen molar-refractivity contribution >= 4 is 10.1 Å². The van der Waals surface area contributed by atoms with Crippen LogP contribution in [0.5, 0.6) is 0 Å². The van der Waals surface area contributed by atoms with Crippen LogP contribution in [0.4, 0.5) is 0 Å². The van der Waals surface area contributed by atoms with Gasteiger partial charge < -0.3 is 4.48 Å². The first-order chi connectivity index (χ1) is 14.2. The van der Waals surface area contributed by atoms with Gasteiger partial charge in [0.25, 0.3) is 10.1 Å². The molecule has 0 amide bonds. The molecule has 5 heteroatoms. The summed E-state index contributed by atoms with van der Waals surface area (Å²) in [4.78, 5) is 0. The van der Waals surface area contributed by atoms with E-state index in [0.29, 0.717) is 6.26 Å². The maximum atomic E-state index is 9.19. The van der Waals surface area contributed by atoms with Crippen molar-refractivity contribution < 1.29 is 17.5 Å². The lowest BCUT2D eigenvalue weighted by Crippen LogP contribution is -2.50. The van der Waals surface area contributed by atoms with Crippen molar-refractivity contribution in [2.24, 2.45) is 0 Å². The zero-order chi connectivity index (χ0) is 23.1. The molecule has 0 atom stereocenters. The van der Waals surface area contributed by atoms with Crippen LogP contribution in [0.1, 0.15) is 130 Å². The number of quaternary nitrogens is 1. The van der Waals surface area contributed by atoms with Crippen molar-refractivity contribution in [2.45, 2.75) is 130 Å². The predicted molar refractivity (Wildman–Crippen MR) is 134 cm³/mol. The lowest BCUT2D eigenvalue weighted by atomic mass is 10.1. The van der Waals surface area contributed by atoms with Crippen LogP contribution in [-0.2, 0) is 10.1 Å². The van der Waals surface area contributed by atoms with Crippen LogP contribution in [0.15, 0.2) is 0 Å². The minimum absolute atomic E-state index is 0.715. The van der Waals surface area contributed by atoms with Gasteiger partial charge in [-0.25, -0.2) is 0 Å². The molecule has 0 bridgehead atoms. The molecule has 0 aromatic heterocycles. The molecular formula is C25H56NO3S+. The Kier molecular flexibility index (Phi) is 23.6. The van der Waals surface area contributed by atoms with E-state index in [1.54, 1.807) is 0 Å². The van der Waals surface area contributed by atoms with Gasteiger partial charge in [0, 0.05) is 0 Å². The monoisotopic (exact) mass is 450 g/mol. The first kappa shape index (κ1) is 32.1. The predicted octanol–water partition coefficient (Wildman–Crippen LogP) is 7.63. The second-order valence-corrected chi connectivity index (χ2v) is 10.7. The molecule has 0 aromatic rings. The Balaban J connectivity index is 0. The SMILES string of the molecule is CCCCCC[N+](CCCCCC)(CCCCCC)CCCCCC.CS(=O)(=O)O. The molecule has 30 heavy (non-hydrogen) atoms. The van der Waals surface area contributed by atoms with Gasteiger partial charge in [0.15, 0.2) is 0 Å². The van der Waals surface area contributed by atoms with Crippen LogP contribution in [0, 0.1) is 0 Å². The molecule has 0 aliphatic carbocycles. The van der Waals surface area contributed by atoms with Gasteiger partial charge in [0.05, 0.1) is 32.4 Å². The first-order valence-electron chi connectivity index (χ1n) is 13.0. The van der Waals surface area contributed by atoms with E-state index in [0.717, 1.165) is 0 Å². The molecule has 0 aromatic carbocycles. The summed E-state index contributed by atoms with van der Waals surface area (Å²) in [6.45, 7) is 15.2. The fourth-order valence-corrected chi connectivity index (χ4v) is 4.17. The summed E-state index contributed by atoms with van der Waals surface area (Å²) in [5.41, 5.74) is 0. The van der Waals surface area contributed by atoms with Gasteiger partial charge in [0.2, 0.25) is 0 Å². The summed E-state index contributed by atoms with van der Waals surface area (Å²) >= 11 is 0. The normalized spacial score (nSPS) is 11.9. The fourth-order valence-electron chi connectivity index (χ4n) is 4.17. The highest BCUT2D eigenvalue weighted by Crippen LogP contribution is 2.19. The Morgan fingerprint density at radius 2 is 0.700 bits per heavy atom. The van der Waals surface area contributed by atoms with Crippen molar-refractivity contribution in [3.63, 3.8) is 0 Å². The van der Waals surface area contributed by atoms with E-state index in [9.17, 15) is 8.42 Å². The zero-order valence-electron chi connectivity index (χ0n) is 21.3. The van der Waals surface area contributed by atoms with E-state index in [4.69, 9.17) is 4.55 Å². The molecule has 0 saturated carbocycles. The average molecular weight is 451 g/mol. The molecule has 0 aliphatic heterocycles. The maximum Gasteiger partial charge on any atom is 0.261 e. The minimum atomic E-state index is -3.67. The smallest absolute Gasteiger partial charge is 0.261 e. The highest BCUT2D eigenvalue weighted by Gasteiger charge is 2.25. The Morgan fingerprint density at radius 1 is 0.500 bits per heavy atom. The van der Waals surface area contributed by atoms with E-state index in [2.05, 4.69) is 27.7 Å². The largest absolute Gasteiger partial charge is 0.324 e. The van der Waals surface area contributed by atoms with Gasteiger partial charge in [-0.2, -0.15) is 8.42 Å². The van der Waals surface area contributed by atoms with Gasteiger partial charge in [-0.1, -0.05) is 79.1 Å². The molecule has 0 unspecified atom stereocenters. The number of unbranched alkanes of at least 4 members (excludes halogenated alkanes) is 12. The summed E-state index contributed by atoms with van der Waals surface area (Å²) in [5.74, 6) is 0. The van der Waals surface area contributed by atoms with Gasteiger partial charge >= 0.3 is 0 Å². The molecule has 4 nitrogen and oxygen atoms in total. The summed E-state index contributed by atoms with van der Waals surface area (Å²) in [7, 11) is -3.67. The van der Waals surface area contributed by atoms with Crippen LogP contribution in [-0.4, -0.2) is 49.9 Å². The third-order valence-corrected chi connectivity index (χ3v) is 5.94. The van der Waals surface area contributed by atoms with Crippen LogP contribution in [0.25, 0.3) is 0 Å². The second kappa shape index (κ2) is 22.1. The summed E-state index contributed by atoms with van der Waals surface area (Å²) in [5, 5.41) is 0. The Hall–Kier alpha value is -0.130. The minimum Gasteiger partial charge on any atom is -0.324 e. The summed E-state index contributed by atoms with van der Waals surface area (Å²) < 4.78 is 27.3. The van der Waals surface area contributed by atoms with Crippen LogP contribution in [0.3, 0.4) is 0 Å². The number of hydrogen-bond acceptors (Lipinski definition) is 2. The highest BCUT2D eigenvalue weighted by atomic mass is 32.2. The number of hydrogen-bond donors (Lipinski definition) is 1. The molecule has 0 saturated heterocycles. The number of rotatable bonds is 20. The Bertz CT molecular complexity index is 376. The molecule has 0 spiro atoms. The average Bonchev–Trinajstić information content (AvgIpc) is 2.68. The highest BCUT2D eigenvalue weighted by molar-refractivity contribution is 7.85. The summed E-state index contributed by atoms with van der Waals surface area (Å²) in [6.07, 6.45) is 23.6. The maximum absolute atomic E-state index is 9.19. The number of nitrogens with zero attached hydrogens (tertiary/aromatic N) is 1. The zero-order valence-corrected chi connectivity index (χ0v) is 22.1. The third kappa shape index (κ3) is 25.9. The summed E-state index contributed by atoms with van der Waals surface area (Å²) in [6, 6.07) is 0. The van der Waals surface area contributed by atoms with Crippen LogP contribution >= 0.6 is 0 Å². The molecule has 1 N–H and O–H groups in total. The van der Waals surface area contributed by atoms with Gasteiger partial charge in [-0.05, 0) is 51.4 Å². The van der Waals surface area contributed by atoms with Crippen molar-refractivity contribution in [3.8, 4) is 0 Å². The quantitative estimate of drug-likeness (QED) is 0.118. The fraction of sp³-hybridized carbons (Fsp3) is 1.00. The van der Waals surface area contributed by atoms with Crippen molar-refractivity contribution in [3.05, 3.63) is 0 Å². The van der Waals surface area contributed by atoms with E-state index >= 15 is 0 Å². The molecule has 0 radical (unpaired) electrons. The Morgan fingerprint density at radius 3 is 0.867 bits per heavy atom. The third-order valence-electron chi connectivity index (χ3n) is 5.94. The molecule has 184 valence electrons. The molecular weight excluding hydrogens is 394 g/mol. The van der Waals surface area contributed by atoms with Crippen molar-refractivity contribution in [1.29, 1.82) is 0 Å². The van der Waals surface area contributed by atoms with Crippen molar-refractivity contribution in [1.82, 2.24) is 0 Å². The van der Waals surface area contributed by atoms with Gasteiger partial charge in [0.1, 0.15) is 0 Å². The lowest BCUT2D eigenvalue weighted by molar-refractivity contribution is -0.929. The first-order valence-corrected chi connectivity index (χ1v) is 14.9. The van der Waals surface area contributed by atoms with E-state index in [-0.39, 0.29) is 0 Å². The molecule has 0 rings (SSSR count). The van der Waals surface area contributed by atoms with E-state index in [1.807, 2.05) is 0 Å². The van der Waals surface area contributed by atoms with Crippen molar-refractivity contribution in [2.75, 3.05) is 32.4 Å². The topological polar surface area (TPSA) is 54.4 Å². The van der Waals surface area contributed by atoms with Gasteiger partial charge in [-0.3, -0.25) is 4.55 Å². The van der Waals surface area contributed by atoms with Crippen LogP contribution < -0.4 is 0 Å². The lowest BCUT2D eigenvalue weighted by Gasteiger charge is -2.39. The Labute approximate surface area is 190 Å². The standard InChI is InChI=1S/C24H52N.CH4O3S/c1-5-9-13-17-21-25(22-18-14-10-6-2,23-19-15-11-7-3)24-20-16-12-8-4;1-5(2,3)4/h5-24H2,1-4H3;1H3,(H,2,3,4)/q+1;. The van der Waals surface area contributed by atoms with Crippen LogP contribution in [0.2, 0.25) is 0 Å². The van der Waals surface area contributed by atoms with E-state index < -0.39 is 10.1 Å². The second-order valence-electron chi connectivity index (χ2n) is 9.21. The van der Waals surface area contributed by atoms with Gasteiger partial charge in [-0.15, -0.1) is 0 Å². The molecule has 0 fully saturated rings. The molecule has 0 heterocycles.